The van der Waals surface area contributed by atoms with Gasteiger partial charge < -0.3 is 5.11 Å². The van der Waals surface area contributed by atoms with E-state index in [-0.39, 0.29) is 0 Å². The van der Waals surface area contributed by atoms with E-state index >= 15 is 0 Å². The van der Waals surface area contributed by atoms with Crippen molar-refractivity contribution in [2.24, 2.45) is 0 Å². The maximum atomic E-state index is 10.9. The van der Waals surface area contributed by atoms with Crippen LogP contribution < -0.4 is 0 Å². The van der Waals surface area contributed by atoms with Crippen molar-refractivity contribution in [3.05, 3.63) is 33.8 Å². The van der Waals surface area contributed by atoms with E-state index in [0.29, 0.717) is 27.9 Å². The normalized spacial score (nSPS) is 10.2. The molecular weight excluding hydrogens is 267 g/mol. The van der Waals surface area contributed by atoms with E-state index in [9.17, 15) is 4.79 Å². The van der Waals surface area contributed by atoms with E-state index in [4.69, 9.17) is 16.7 Å². The highest BCUT2D eigenvalue weighted by Crippen LogP contribution is 2.27. The third kappa shape index (κ3) is 2.10. The molecule has 1 aromatic carbocycles. The third-order valence-electron chi connectivity index (χ3n) is 2.05. The molecule has 4 heteroatoms. The minimum absolute atomic E-state index is 0.294. The van der Waals surface area contributed by atoms with Gasteiger partial charge in [0.15, 0.2) is 0 Å². The van der Waals surface area contributed by atoms with Gasteiger partial charge in [-0.05, 0) is 23.6 Å². The second-order valence-corrected chi connectivity index (χ2v) is 3.80. The fraction of sp³-hybridized carbons (Fsp3) is 0.300. The van der Waals surface area contributed by atoms with Gasteiger partial charge in [0, 0.05) is 10.4 Å². The lowest BCUT2D eigenvalue weighted by Gasteiger charge is -2.09. The van der Waals surface area contributed by atoms with Crippen LogP contribution in [-0.4, -0.2) is 11.1 Å². The van der Waals surface area contributed by atoms with Crippen LogP contribution in [0.1, 0.15) is 28.4 Å². The molecule has 0 amide bonds. The topological polar surface area (TPSA) is 37.3 Å². The summed E-state index contributed by atoms with van der Waals surface area (Å²) in [6.45, 7) is 1.89. The lowest BCUT2D eigenvalue weighted by Crippen LogP contribution is -2.03. The molecule has 0 unspecified atom stereocenters. The quantitative estimate of drug-likeness (QED) is 0.859. The first-order valence-corrected chi connectivity index (χ1v) is 5.71. The second kappa shape index (κ2) is 4.80. The number of carbonyl (C=O) groups is 1. The molecule has 0 bridgehead atoms. The number of hydrogen-bond acceptors (Lipinski definition) is 1. The smallest absolute Gasteiger partial charge is 0.336 e. The lowest BCUT2D eigenvalue weighted by atomic mass is 10.0. The maximum absolute atomic E-state index is 10.9. The molecule has 76 valence electrons. The Bertz CT molecular complexity index is 363. The van der Waals surface area contributed by atoms with Gasteiger partial charge in [-0.1, -0.05) is 40.5 Å². The van der Waals surface area contributed by atoms with E-state index < -0.39 is 5.97 Å². The molecule has 0 radical (unpaired) electrons. The Balaban J connectivity index is 3.35. The predicted octanol–water partition coefficient (Wildman–Crippen LogP) is 3.50. The second-order valence-electron chi connectivity index (χ2n) is 2.86. The molecule has 0 aromatic heterocycles. The van der Waals surface area contributed by atoms with E-state index in [1.807, 2.05) is 6.92 Å². The summed E-state index contributed by atoms with van der Waals surface area (Å²) in [6.07, 6.45) is 0.626. The highest BCUT2D eigenvalue weighted by Gasteiger charge is 2.14. The van der Waals surface area contributed by atoms with Crippen molar-refractivity contribution in [3.8, 4) is 0 Å². The molecular formula is C10H10BrClO2. The van der Waals surface area contributed by atoms with E-state index in [0.717, 1.165) is 5.56 Å². The fourth-order valence-corrected chi connectivity index (χ4v) is 2.31. The van der Waals surface area contributed by atoms with Gasteiger partial charge in [0.2, 0.25) is 0 Å². The Kier molecular flexibility index (Phi) is 3.96. The molecule has 1 aromatic rings. The zero-order valence-corrected chi connectivity index (χ0v) is 10.0. The molecule has 0 saturated heterocycles. The SMILES string of the molecule is CCc1c(C(=O)O)ccc(CBr)c1Cl. The number of alkyl halides is 1. The summed E-state index contributed by atoms with van der Waals surface area (Å²) in [4.78, 5) is 10.9. The summed E-state index contributed by atoms with van der Waals surface area (Å²) in [5, 5.41) is 10.1. The maximum Gasteiger partial charge on any atom is 0.336 e. The Hall–Kier alpha value is -0.540. The number of rotatable bonds is 3. The van der Waals surface area contributed by atoms with Crippen molar-refractivity contribution >= 4 is 33.5 Å². The minimum Gasteiger partial charge on any atom is -0.478 e. The lowest BCUT2D eigenvalue weighted by molar-refractivity contribution is 0.0695. The third-order valence-corrected chi connectivity index (χ3v) is 3.13. The Morgan fingerprint density at radius 3 is 2.64 bits per heavy atom. The zero-order valence-electron chi connectivity index (χ0n) is 7.68. The Labute approximate surface area is 96.0 Å². The fourth-order valence-electron chi connectivity index (χ4n) is 1.32. The molecule has 0 saturated carbocycles. The van der Waals surface area contributed by atoms with Gasteiger partial charge in [-0.15, -0.1) is 0 Å². The molecule has 1 N–H and O–H groups in total. The van der Waals surface area contributed by atoms with Crippen LogP contribution in [0.25, 0.3) is 0 Å². The van der Waals surface area contributed by atoms with Gasteiger partial charge in [0.05, 0.1) is 5.56 Å². The average molecular weight is 278 g/mol. The van der Waals surface area contributed by atoms with Crippen molar-refractivity contribution in [2.45, 2.75) is 18.7 Å². The number of aromatic carboxylic acids is 1. The van der Waals surface area contributed by atoms with Crippen LogP contribution in [-0.2, 0) is 11.8 Å². The van der Waals surface area contributed by atoms with E-state index in [2.05, 4.69) is 15.9 Å². The number of halogens is 2. The first kappa shape index (κ1) is 11.5. The van der Waals surface area contributed by atoms with Crippen LogP contribution in [0.15, 0.2) is 12.1 Å². The number of hydrogen-bond donors (Lipinski definition) is 1. The van der Waals surface area contributed by atoms with Crippen LogP contribution in [0.5, 0.6) is 0 Å². The number of carboxylic acids is 1. The first-order chi connectivity index (χ1) is 6.61. The molecule has 0 heterocycles. The van der Waals surface area contributed by atoms with E-state index in [1.165, 1.54) is 0 Å². The summed E-state index contributed by atoms with van der Waals surface area (Å²) in [7, 11) is 0. The summed E-state index contributed by atoms with van der Waals surface area (Å²) < 4.78 is 0. The Morgan fingerprint density at radius 1 is 1.57 bits per heavy atom. The standard InChI is InChI=1S/C10H10BrClO2/c1-2-7-8(10(13)14)4-3-6(5-11)9(7)12/h3-4H,2,5H2,1H3,(H,13,14). The highest BCUT2D eigenvalue weighted by atomic mass is 79.9. The molecule has 0 aliphatic carbocycles. The van der Waals surface area contributed by atoms with Gasteiger partial charge in [-0.2, -0.15) is 0 Å². The van der Waals surface area contributed by atoms with Gasteiger partial charge in [-0.3, -0.25) is 0 Å². The van der Waals surface area contributed by atoms with E-state index in [1.54, 1.807) is 12.1 Å². The highest BCUT2D eigenvalue weighted by molar-refractivity contribution is 9.08. The first-order valence-electron chi connectivity index (χ1n) is 4.21. The summed E-state index contributed by atoms with van der Waals surface area (Å²) in [5.41, 5.74) is 1.92. The summed E-state index contributed by atoms with van der Waals surface area (Å²) >= 11 is 9.37. The molecule has 0 aliphatic rings. The van der Waals surface area contributed by atoms with Crippen molar-refractivity contribution < 1.29 is 9.90 Å². The monoisotopic (exact) mass is 276 g/mol. The van der Waals surface area contributed by atoms with Crippen LogP contribution in [0, 0.1) is 0 Å². The summed E-state index contributed by atoms with van der Waals surface area (Å²) in [6, 6.07) is 3.34. The zero-order chi connectivity index (χ0) is 10.7. The number of benzene rings is 1. The molecule has 0 atom stereocenters. The van der Waals surface area contributed by atoms with Crippen molar-refractivity contribution in [1.29, 1.82) is 0 Å². The average Bonchev–Trinajstić information content (AvgIpc) is 2.17. The number of carboxylic acid groups (broad SMARTS) is 1. The molecule has 0 aliphatic heterocycles. The van der Waals surface area contributed by atoms with Crippen LogP contribution >= 0.6 is 27.5 Å². The molecule has 1 rings (SSSR count). The van der Waals surface area contributed by atoms with Crippen LogP contribution in [0.3, 0.4) is 0 Å². The van der Waals surface area contributed by atoms with Crippen molar-refractivity contribution in [1.82, 2.24) is 0 Å². The minimum atomic E-state index is -0.926. The largest absolute Gasteiger partial charge is 0.478 e. The van der Waals surface area contributed by atoms with Gasteiger partial charge in [0.1, 0.15) is 0 Å². The molecule has 0 spiro atoms. The summed E-state index contributed by atoms with van der Waals surface area (Å²) in [5.74, 6) is -0.926. The van der Waals surface area contributed by atoms with Crippen LogP contribution in [0.4, 0.5) is 0 Å². The predicted molar refractivity (Wildman–Crippen MR) is 60.4 cm³/mol. The molecule has 2 nitrogen and oxygen atoms in total. The van der Waals surface area contributed by atoms with Crippen LogP contribution in [0.2, 0.25) is 5.02 Å². The molecule has 14 heavy (non-hydrogen) atoms. The van der Waals surface area contributed by atoms with Crippen molar-refractivity contribution in [3.63, 3.8) is 0 Å². The Morgan fingerprint density at radius 2 is 2.21 bits per heavy atom. The van der Waals surface area contributed by atoms with Gasteiger partial charge in [0.25, 0.3) is 0 Å². The van der Waals surface area contributed by atoms with Gasteiger partial charge >= 0.3 is 5.97 Å². The molecule has 0 fully saturated rings. The van der Waals surface area contributed by atoms with Gasteiger partial charge in [-0.25, -0.2) is 4.79 Å². The van der Waals surface area contributed by atoms with Crippen molar-refractivity contribution in [2.75, 3.05) is 0 Å².